The number of carbonyl (C=O) groups excluding carboxylic acids is 2. The number of carbonyl (C=O) groups is 2. The average molecular weight is 317 g/mol. The third kappa shape index (κ3) is 4.71. The van der Waals surface area contributed by atoms with Crippen molar-refractivity contribution in [2.75, 3.05) is 31.5 Å². The fourth-order valence-electron chi connectivity index (χ4n) is 2.69. The van der Waals surface area contributed by atoms with E-state index < -0.39 is 0 Å². The number of hydrogen-bond donors (Lipinski definition) is 1. The van der Waals surface area contributed by atoms with Gasteiger partial charge in [-0.3, -0.25) is 4.79 Å². The van der Waals surface area contributed by atoms with Gasteiger partial charge in [0.1, 0.15) is 0 Å². The summed E-state index contributed by atoms with van der Waals surface area (Å²) in [5, 5.41) is 2.95. The molecule has 0 spiro atoms. The normalized spacial score (nSPS) is 16.0. The highest BCUT2D eigenvalue weighted by molar-refractivity contribution is 5.89. The van der Waals surface area contributed by atoms with Crippen LogP contribution in [0.1, 0.15) is 39.7 Å². The number of amides is 3. The van der Waals surface area contributed by atoms with E-state index in [-0.39, 0.29) is 17.4 Å². The number of anilines is 1. The molecule has 0 saturated carbocycles. The first-order valence-corrected chi connectivity index (χ1v) is 8.19. The molecule has 5 heteroatoms. The lowest BCUT2D eigenvalue weighted by Crippen LogP contribution is -2.38. The summed E-state index contributed by atoms with van der Waals surface area (Å²) < 4.78 is 0. The van der Waals surface area contributed by atoms with Crippen LogP contribution in [-0.4, -0.2) is 47.9 Å². The Morgan fingerprint density at radius 3 is 2.09 bits per heavy atom. The van der Waals surface area contributed by atoms with Gasteiger partial charge in [-0.15, -0.1) is 0 Å². The molecule has 0 atom stereocenters. The molecular weight excluding hydrogens is 290 g/mol. The van der Waals surface area contributed by atoms with Gasteiger partial charge in [-0.25, -0.2) is 4.79 Å². The molecule has 0 bridgehead atoms. The van der Waals surface area contributed by atoms with E-state index >= 15 is 0 Å². The van der Waals surface area contributed by atoms with Crippen LogP contribution in [0.15, 0.2) is 24.3 Å². The quantitative estimate of drug-likeness (QED) is 0.865. The maximum absolute atomic E-state index is 12.4. The molecule has 1 aromatic rings. The third-order valence-corrected chi connectivity index (χ3v) is 4.23. The van der Waals surface area contributed by atoms with E-state index in [1.54, 1.807) is 16.7 Å². The van der Waals surface area contributed by atoms with E-state index in [0.29, 0.717) is 19.6 Å². The van der Waals surface area contributed by atoms with Crippen molar-refractivity contribution in [3.05, 3.63) is 29.8 Å². The molecule has 0 radical (unpaired) electrons. The fourth-order valence-corrected chi connectivity index (χ4v) is 2.69. The van der Waals surface area contributed by atoms with Gasteiger partial charge < -0.3 is 15.1 Å². The lowest BCUT2D eigenvalue weighted by molar-refractivity contribution is -0.128. The summed E-state index contributed by atoms with van der Waals surface area (Å²) in [6, 6.07) is 7.89. The summed E-state index contributed by atoms with van der Waals surface area (Å²) in [5.74, 6) is 0.0741. The highest BCUT2D eigenvalue weighted by Crippen LogP contribution is 2.23. The summed E-state index contributed by atoms with van der Waals surface area (Å²) in [6.45, 7) is 10.6. The fraction of sp³-hybridized carbons (Fsp3) is 0.556. The lowest BCUT2D eigenvalue weighted by atomic mass is 9.87. The molecule has 1 aliphatic heterocycles. The molecule has 126 valence electrons. The summed E-state index contributed by atoms with van der Waals surface area (Å²) >= 11 is 0. The monoisotopic (exact) mass is 317 g/mol. The zero-order valence-electron chi connectivity index (χ0n) is 14.6. The van der Waals surface area contributed by atoms with Crippen molar-refractivity contribution >= 4 is 17.6 Å². The van der Waals surface area contributed by atoms with Gasteiger partial charge in [-0.1, -0.05) is 32.9 Å². The Hall–Kier alpha value is -2.04. The van der Waals surface area contributed by atoms with Crippen LogP contribution in [0.2, 0.25) is 0 Å². The number of rotatable bonds is 1. The Morgan fingerprint density at radius 1 is 0.957 bits per heavy atom. The number of urea groups is 1. The van der Waals surface area contributed by atoms with Crippen LogP contribution in [0.3, 0.4) is 0 Å². The van der Waals surface area contributed by atoms with E-state index in [2.05, 4.69) is 38.2 Å². The first-order chi connectivity index (χ1) is 10.8. The Bertz CT molecular complexity index is 561. The minimum atomic E-state index is -0.0982. The van der Waals surface area contributed by atoms with Crippen molar-refractivity contribution < 1.29 is 9.59 Å². The van der Waals surface area contributed by atoms with Gasteiger partial charge in [0.2, 0.25) is 5.91 Å². The molecule has 1 N–H and O–H groups in total. The van der Waals surface area contributed by atoms with Gasteiger partial charge in [0.15, 0.2) is 0 Å². The van der Waals surface area contributed by atoms with Crippen molar-refractivity contribution in [3.8, 4) is 0 Å². The van der Waals surface area contributed by atoms with Crippen molar-refractivity contribution in [1.29, 1.82) is 0 Å². The van der Waals surface area contributed by atoms with Gasteiger partial charge in [0.05, 0.1) is 0 Å². The number of benzene rings is 1. The first-order valence-electron chi connectivity index (χ1n) is 8.19. The summed E-state index contributed by atoms with van der Waals surface area (Å²) in [5.41, 5.74) is 2.14. The topological polar surface area (TPSA) is 52.7 Å². The SMILES string of the molecule is CC(=O)N1CCCN(C(=O)Nc2ccc(C(C)(C)C)cc2)CC1. The second-order valence-electron chi connectivity index (χ2n) is 7.10. The van der Waals surface area contributed by atoms with E-state index in [1.165, 1.54) is 5.56 Å². The van der Waals surface area contributed by atoms with Crippen LogP contribution in [0, 0.1) is 0 Å². The van der Waals surface area contributed by atoms with Gasteiger partial charge in [-0.2, -0.15) is 0 Å². The predicted molar refractivity (Wildman–Crippen MR) is 92.6 cm³/mol. The number of hydrogen-bond acceptors (Lipinski definition) is 2. The first kappa shape index (κ1) is 17.3. The van der Waals surface area contributed by atoms with Crippen molar-refractivity contribution in [1.82, 2.24) is 9.80 Å². The molecular formula is C18H27N3O2. The second-order valence-corrected chi connectivity index (χ2v) is 7.10. The molecule has 0 aliphatic carbocycles. The molecule has 1 saturated heterocycles. The molecule has 1 fully saturated rings. The Morgan fingerprint density at radius 2 is 1.52 bits per heavy atom. The van der Waals surface area contributed by atoms with Crippen molar-refractivity contribution in [2.45, 2.75) is 39.5 Å². The minimum absolute atomic E-state index is 0.0741. The molecule has 5 nitrogen and oxygen atoms in total. The van der Waals surface area contributed by atoms with Crippen LogP contribution in [0.4, 0.5) is 10.5 Å². The van der Waals surface area contributed by atoms with Crippen molar-refractivity contribution in [3.63, 3.8) is 0 Å². The number of nitrogens with one attached hydrogen (secondary N) is 1. The number of nitrogens with zero attached hydrogens (tertiary/aromatic N) is 2. The molecule has 0 unspecified atom stereocenters. The molecule has 0 aromatic heterocycles. The van der Waals surface area contributed by atoms with Crippen LogP contribution in [-0.2, 0) is 10.2 Å². The largest absolute Gasteiger partial charge is 0.341 e. The van der Waals surface area contributed by atoms with Crippen LogP contribution >= 0.6 is 0 Å². The third-order valence-electron chi connectivity index (χ3n) is 4.23. The van der Waals surface area contributed by atoms with E-state index in [9.17, 15) is 9.59 Å². The summed E-state index contributed by atoms with van der Waals surface area (Å²) in [7, 11) is 0. The smallest absolute Gasteiger partial charge is 0.321 e. The van der Waals surface area contributed by atoms with E-state index in [4.69, 9.17) is 0 Å². The van der Waals surface area contributed by atoms with Crippen LogP contribution < -0.4 is 5.32 Å². The van der Waals surface area contributed by atoms with Crippen molar-refractivity contribution in [2.24, 2.45) is 0 Å². The minimum Gasteiger partial charge on any atom is -0.341 e. The molecule has 1 aromatic carbocycles. The molecule has 2 rings (SSSR count). The van der Waals surface area contributed by atoms with Gasteiger partial charge >= 0.3 is 6.03 Å². The standard InChI is InChI=1S/C18H27N3O2/c1-14(22)20-10-5-11-21(13-12-20)17(23)19-16-8-6-15(7-9-16)18(2,3)4/h6-9H,5,10-13H2,1-4H3,(H,19,23). The highest BCUT2D eigenvalue weighted by atomic mass is 16.2. The van der Waals surface area contributed by atoms with Gasteiger partial charge in [-0.05, 0) is 29.5 Å². The highest BCUT2D eigenvalue weighted by Gasteiger charge is 2.20. The Kier molecular flexibility index (Phi) is 5.29. The van der Waals surface area contributed by atoms with Crippen LogP contribution in [0.25, 0.3) is 0 Å². The van der Waals surface area contributed by atoms with Gasteiger partial charge in [0, 0.05) is 38.8 Å². The van der Waals surface area contributed by atoms with Crippen LogP contribution in [0.5, 0.6) is 0 Å². The predicted octanol–water partition coefficient (Wildman–Crippen LogP) is 3.07. The molecule has 1 aliphatic rings. The lowest BCUT2D eigenvalue weighted by Gasteiger charge is -2.22. The Balaban J connectivity index is 1.95. The van der Waals surface area contributed by atoms with Gasteiger partial charge in [0.25, 0.3) is 0 Å². The Labute approximate surface area is 138 Å². The average Bonchev–Trinajstić information content (AvgIpc) is 2.73. The zero-order chi connectivity index (χ0) is 17.0. The van der Waals surface area contributed by atoms with E-state index in [1.807, 2.05) is 12.1 Å². The summed E-state index contributed by atoms with van der Waals surface area (Å²) in [6.07, 6.45) is 0.815. The molecule has 23 heavy (non-hydrogen) atoms. The zero-order valence-corrected chi connectivity index (χ0v) is 14.6. The maximum Gasteiger partial charge on any atom is 0.321 e. The summed E-state index contributed by atoms with van der Waals surface area (Å²) in [4.78, 5) is 27.4. The molecule has 1 heterocycles. The maximum atomic E-state index is 12.4. The second kappa shape index (κ2) is 7.02. The van der Waals surface area contributed by atoms with E-state index in [0.717, 1.165) is 18.7 Å². The molecule has 3 amide bonds.